The maximum absolute atomic E-state index is 12.7. The molecule has 0 aliphatic rings. The minimum atomic E-state index is -0.134. The molecule has 0 saturated carbocycles. The maximum Gasteiger partial charge on any atom is 0.257 e. The summed E-state index contributed by atoms with van der Waals surface area (Å²) in [6.45, 7) is 4.28. The van der Waals surface area contributed by atoms with E-state index in [1.165, 1.54) is 16.7 Å². The van der Waals surface area contributed by atoms with Gasteiger partial charge in [0.2, 0.25) is 0 Å². The summed E-state index contributed by atoms with van der Waals surface area (Å²) in [5, 5.41) is 8.34. The molecule has 0 fully saturated rings. The highest BCUT2D eigenvalue weighted by molar-refractivity contribution is 7.99. The summed E-state index contributed by atoms with van der Waals surface area (Å²) in [7, 11) is 0. The van der Waals surface area contributed by atoms with Crippen LogP contribution in [0.1, 0.15) is 24.2 Å². The van der Waals surface area contributed by atoms with Crippen molar-refractivity contribution >= 4 is 44.9 Å². The third-order valence-electron chi connectivity index (χ3n) is 4.26. The number of nitrogens with one attached hydrogen (secondary N) is 1. The van der Waals surface area contributed by atoms with Gasteiger partial charge in [0, 0.05) is 26.7 Å². The van der Waals surface area contributed by atoms with Gasteiger partial charge in [-0.05, 0) is 29.0 Å². The van der Waals surface area contributed by atoms with Crippen LogP contribution >= 0.6 is 23.1 Å². The Hall–Kier alpha value is -2.63. The van der Waals surface area contributed by atoms with Crippen LogP contribution in [-0.2, 0) is 0 Å². The Morgan fingerprint density at radius 2 is 1.82 bits per heavy atom. The third-order valence-corrected chi connectivity index (χ3v) is 6.01. The van der Waals surface area contributed by atoms with E-state index in [1.54, 1.807) is 11.8 Å². The smallest absolute Gasteiger partial charge is 0.257 e. The number of thioether (sulfide) groups is 1. The molecule has 0 unspecified atom stereocenters. The van der Waals surface area contributed by atoms with Gasteiger partial charge >= 0.3 is 0 Å². The van der Waals surface area contributed by atoms with E-state index in [1.807, 2.05) is 47.8 Å². The van der Waals surface area contributed by atoms with Crippen molar-refractivity contribution in [1.29, 1.82) is 0 Å². The molecule has 5 heteroatoms. The molecule has 0 radical (unpaired) electrons. The zero-order valence-corrected chi connectivity index (χ0v) is 17.3. The molecule has 0 aliphatic heterocycles. The molecule has 4 aromatic rings. The van der Waals surface area contributed by atoms with Crippen molar-refractivity contribution in [1.82, 2.24) is 4.98 Å². The summed E-state index contributed by atoms with van der Waals surface area (Å²) in [6.07, 6.45) is 0. The van der Waals surface area contributed by atoms with E-state index < -0.39 is 0 Å². The van der Waals surface area contributed by atoms with Gasteiger partial charge < -0.3 is 0 Å². The fraction of sp³-hybridized carbons (Fsp3) is 0.130. The number of rotatable bonds is 5. The quantitative estimate of drug-likeness (QED) is 0.376. The lowest BCUT2D eigenvalue weighted by atomic mass is 10.0. The molecule has 1 amide bonds. The zero-order chi connectivity index (χ0) is 19.5. The summed E-state index contributed by atoms with van der Waals surface area (Å²) in [6, 6.07) is 22.2. The Kier molecular flexibility index (Phi) is 5.46. The van der Waals surface area contributed by atoms with Gasteiger partial charge in [-0.25, -0.2) is 4.98 Å². The Morgan fingerprint density at radius 3 is 2.68 bits per heavy atom. The molecule has 28 heavy (non-hydrogen) atoms. The maximum atomic E-state index is 12.7. The zero-order valence-electron chi connectivity index (χ0n) is 15.7. The molecule has 0 saturated heterocycles. The van der Waals surface area contributed by atoms with Crippen molar-refractivity contribution in [2.45, 2.75) is 24.0 Å². The van der Waals surface area contributed by atoms with Gasteiger partial charge in [-0.15, -0.1) is 23.1 Å². The van der Waals surface area contributed by atoms with E-state index in [-0.39, 0.29) is 5.91 Å². The normalized spacial score (nSPS) is 11.1. The second-order valence-corrected chi connectivity index (χ2v) is 9.22. The number of fused-ring (bicyclic) bond motifs is 1. The number of thiazole rings is 1. The van der Waals surface area contributed by atoms with Gasteiger partial charge in [-0.3, -0.25) is 10.1 Å². The van der Waals surface area contributed by atoms with E-state index >= 15 is 0 Å². The molecule has 1 N–H and O–H groups in total. The standard InChI is InChI=1S/C23H20N2OS2/c1-15(2)28-18-10-5-9-17(13-18)22(26)25-23-24-21(14-27-23)20-12-6-8-16-7-3-4-11-19(16)20/h3-15H,1-2H3,(H,24,25,26). The molecule has 3 aromatic carbocycles. The monoisotopic (exact) mass is 404 g/mol. The van der Waals surface area contributed by atoms with Crippen LogP contribution in [0.5, 0.6) is 0 Å². The van der Waals surface area contributed by atoms with Gasteiger partial charge in [-0.2, -0.15) is 0 Å². The van der Waals surface area contributed by atoms with Crippen LogP contribution in [0.15, 0.2) is 77.0 Å². The molecule has 4 rings (SSSR count). The second kappa shape index (κ2) is 8.17. The number of anilines is 1. The SMILES string of the molecule is CC(C)Sc1cccc(C(=O)Nc2nc(-c3cccc4ccccc34)cs2)c1. The molecule has 140 valence electrons. The van der Waals surface area contributed by atoms with Crippen molar-refractivity contribution < 1.29 is 4.79 Å². The van der Waals surface area contributed by atoms with Crippen LogP contribution in [0.4, 0.5) is 5.13 Å². The predicted molar refractivity (Wildman–Crippen MR) is 120 cm³/mol. The number of benzene rings is 3. The molecule has 1 aromatic heterocycles. The molecule has 1 heterocycles. The highest BCUT2D eigenvalue weighted by Gasteiger charge is 2.12. The minimum Gasteiger partial charge on any atom is -0.298 e. The van der Waals surface area contributed by atoms with Crippen molar-refractivity contribution in [3.05, 3.63) is 77.7 Å². The molecule has 0 bridgehead atoms. The van der Waals surface area contributed by atoms with Gasteiger partial charge in [0.05, 0.1) is 5.69 Å². The summed E-state index contributed by atoms with van der Waals surface area (Å²) in [4.78, 5) is 18.4. The summed E-state index contributed by atoms with van der Waals surface area (Å²) in [5.74, 6) is -0.134. The number of hydrogen-bond acceptors (Lipinski definition) is 4. The molecular weight excluding hydrogens is 384 g/mol. The first-order valence-electron chi connectivity index (χ1n) is 9.12. The summed E-state index contributed by atoms with van der Waals surface area (Å²) < 4.78 is 0. The van der Waals surface area contributed by atoms with Crippen molar-refractivity contribution in [2.75, 3.05) is 5.32 Å². The fourth-order valence-electron chi connectivity index (χ4n) is 3.06. The first-order valence-corrected chi connectivity index (χ1v) is 10.9. The van der Waals surface area contributed by atoms with Crippen molar-refractivity contribution in [3.63, 3.8) is 0 Å². The average Bonchev–Trinajstić information content (AvgIpc) is 3.15. The highest BCUT2D eigenvalue weighted by atomic mass is 32.2. The molecule has 0 atom stereocenters. The number of aromatic nitrogens is 1. The fourth-order valence-corrected chi connectivity index (χ4v) is 4.66. The first kappa shape index (κ1) is 18.7. The second-order valence-electron chi connectivity index (χ2n) is 6.71. The lowest BCUT2D eigenvalue weighted by Gasteiger charge is -2.07. The Bertz CT molecular complexity index is 1130. The molecular formula is C23H20N2OS2. The largest absolute Gasteiger partial charge is 0.298 e. The van der Waals surface area contributed by atoms with Crippen LogP contribution in [0.25, 0.3) is 22.0 Å². The molecule has 0 aliphatic carbocycles. The number of carbonyl (C=O) groups is 1. The van der Waals surface area contributed by atoms with Crippen LogP contribution < -0.4 is 5.32 Å². The minimum absolute atomic E-state index is 0.134. The van der Waals surface area contributed by atoms with Gasteiger partial charge in [-0.1, -0.05) is 62.4 Å². The van der Waals surface area contributed by atoms with E-state index in [9.17, 15) is 4.79 Å². The van der Waals surface area contributed by atoms with Gasteiger partial charge in [0.1, 0.15) is 0 Å². The van der Waals surface area contributed by atoms with Crippen molar-refractivity contribution in [2.24, 2.45) is 0 Å². The summed E-state index contributed by atoms with van der Waals surface area (Å²) in [5.41, 5.74) is 2.60. The number of amides is 1. The Labute approximate surface area is 172 Å². The number of hydrogen-bond donors (Lipinski definition) is 1. The summed E-state index contributed by atoms with van der Waals surface area (Å²) >= 11 is 3.19. The number of nitrogens with zero attached hydrogens (tertiary/aromatic N) is 1. The topological polar surface area (TPSA) is 42.0 Å². The molecule has 0 spiro atoms. The number of carbonyl (C=O) groups excluding carboxylic acids is 1. The Morgan fingerprint density at radius 1 is 1.04 bits per heavy atom. The van der Waals surface area contributed by atoms with Gasteiger partial charge in [0.15, 0.2) is 5.13 Å². The van der Waals surface area contributed by atoms with E-state index in [4.69, 9.17) is 0 Å². The Balaban J connectivity index is 1.56. The van der Waals surface area contributed by atoms with Gasteiger partial charge in [0.25, 0.3) is 5.91 Å². The first-order chi connectivity index (χ1) is 13.6. The van der Waals surface area contributed by atoms with Crippen LogP contribution in [0, 0.1) is 0 Å². The van der Waals surface area contributed by atoms with Crippen LogP contribution in [-0.4, -0.2) is 16.1 Å². The van der Waals surface area contributed by atoms with Crippen LogP contribution in [0.3, 0.4) is 0 Å². The lowest BCUT2D eigenvalue weighted by molar-refractivity contribution is 0.102. The van der Waals surface area contributed by atoms with Crippen molar-refractivity contribution in [3.8, 4) is 11.3 Å². The third kappa shape index (κ3) is 4.11. The van der Waals surface area contributed by atoms with E-state index in [0.29, 0.717) is 15.9 Å². The highest BCUT2D eigenvalue weighted by Crippen LogP contribution is 2.31. The molecule has 3 nitrogen and oxygen atoms in total. The van der Waals surface area contributed by atoms with E-state index in [2.05, 4.69) is 48.4 Å². The van der Waals surface area contributed by atoms with E-state index in [0.717, 1.165) is 21.5 Å². The van der Waals surface area contributed by atoms with Crippen LogP contribution in [0.2, 0.25) is 0 Å². The lowest BCUT2D eigenvalue weighted by Crippen LogP contribution is -2.11. The predicted octanol–water partition coefficient (Wildman–Crippen LogP) is 6.72. The average molecular weight is 405 g/mol.